The quantitative estimate of drug-likeness (QED) is 0.668. The zero-order chi connectivity index (χ0) is 21.1. The van der Waals surface area contributed by atoms with Crippen LogP contribution < -0.4 is 11.1 Å². The topological polar surface area (TPSA) is 114 Å². The molecule has 1 aromatic rings. The maximum atomic E-state index is 14.7. The summed E-state index contributed by atoms with van der Waals surface area (Å²) in [4.78, 5) is 16.7. The summed E-state index contributed by atoms with van der Waals surface area (Å²) in [5, 5.41) is 2.39. The van der Waals surface area contributed by atoms with Crippen molar-refractivity contribution < 1.29 is 22.3 Å². The van der Waals surface area contributed by atoms with Crippen molar-refractivity contribution in [3.63, 3.8) is 0 Å². The number of ether oxygens (including phenoxy) is 1. The number of nitrogens with zero attached hydrogens (tertiary/aromatic N) is 2. The number of carbonyl (C=O) groups excluding carboxylic acids is 1. The first-order valence-corrected chi connectivity index (χ1v) is 10.3. The van der Waals surface area contributed by atoms with Crippen LogP contribution in [0.4, 0.5) is 14.9 Å². The van der Waals surface area contributed by atoms with Crippen LogP contribution in [0.1, 0.15) is 53.5 Å². The fraction of sp³-hybridized carbons (Fsp3) is 0.579. The number of nitrogens with two attached hydrogens (primary N) is 1. The van der Waals surface area contributed by atoms with Crippen LogP contribution in [0.2, 0.25) is 0 Å². The molecule has 1 fully saturated rings. The molecule has 0 unspecified atom stereocenters. The van der Waals surface area contributed by atoms with Crippen molar-refractivity contribution in [3.05, 3.63) is 29.6 Å². The third-order valence-electron chi connectivity index (χ3n) is 5.20. The zero-order valence-corrected chi connectivity index (χ0v) is 17.4. The largest absolute Gasteiger partial charge is 0.444 e. The molecule has 1 aromatic carbocycles. The predicted octanol–water partition coefficient (Wildman–Crippen LogP) is 2.95. The van der Waals surface area contributed by atoms with E-state index in [-0.39, 0.29) is 18.9 Å². The van der Waals surface area contributed by atoms with Crippen LogP contribution in [0, 0.1) is 5.82 Å². The van der Waals surface area contributed by atoms with Crippen molar-refractivity contribution in [1.29, 1.82) is 0 Å². The molecule has 0 aromatic heterocycles. The number of amides is 1. The van der Waals surface area contributed by atoms with Crippen molar-refractivity contribution in [1.82, 2.24) is 9.62 Å². The van der Waals surface area contributed by atoms with Gasteiger partial charge in [-0.25, -0.2) is 26.9 Å². The normalized spacial score (nSPS) is 24.3. The summed E-state index contributed by atoms with van der Waals surface area (Å²) < 4.78 is 46.0. The second-order valence-corrected chi connectivity index (χ2v) is 10.6. The predicted molar refractivity (Wildman–Crippen MR) is 110 cm³/mol. The number of anilines is 1. The molecule has 1 atom stereocenters. The van der Waals surface area contributed by atoms with E-state index in [1.165, 1.54) is 25.2 Å². The average Bonchev–Trinajstić information content (AvgIpc) is 3.35. The molecule has 1 aliphatic carbocycles. The zero-order valence-electron chi connectivity index (χ0n) is 16.5. The second-order valence-electron chi connectivity index (χ2n) is 8.34. The highest BCUT2D eigenvalue weighted by Crippen LogP contribution is 2.60. The fourth-order valence-corrected chi connectivity index (χ4v) is 5.71. The standard InChI is InChI=1S/C18H25FN4O4S.CH4/c1-16(2,3)27-15(24)21-14-22-17(4,12-10-11(20)6-7-13(12)19)18(8-9-18)28(25,26)23(14)5;/h6-7,10H,8-9,20H2,1-5H3,(H,21,22,24);1H4/t17-;/m1./s1. The van der Waals surface area contributed by atoms with Gasteiger partial charge in [-0.05, 0) is 58.7 Å². The van der Waals surface area contributed by atoms with Gasteiger partial charge in [0, 0.05) is 18.3 Å². The minimum absolute atomic E-state index is 0. The van der Waals surface area contributed by atoms with E-state index >= 15 is 0 Å². The Hall–Kier alpha value is -2.36. The fourth-order valence-electron chi connectivity index (χ4n) is 3.59. The van der Waals surface area contributed by atoms with E-state index < -0.39 is 37.8 Å². The van der Waals surface area contributed by atoms with Gasteiger partial charge >= 0.3 is 6.09 Å². The minimum Gasteiger partial charge on any atom is -0.444 e. The lowest BCUT2D eigenvalue weighted by molar-refractivity contribution is 0.0558. The van der Waals surface area contributed by atoms with Gasteiger partial charge in [0.25, 0.3) is 0 Å². The number of guanidine groups is 1. The van der Waals surface area contributed by atoms with Crippen molar-refractivity contribution in [3.8, 4) is 0 Å². The lowest BCUT2D eigenvalue weighted by atomic mass is 9.86. The smallest absolute Gasteiger partial charge is 0.414 e. The molecular formula is C19H29FN4O4S. The van der Waals surface area contributed by atoms with Crippen LogP contribution in [0.15, 0.2) is 23.2 Å². The van der Waals surface area contributed by atoms with Crippen molar-refractivity contribution in [2.45, 2.75) is 63.9 Å². The Morgan fingerprint density at radius 2 is 1.93 bits per heavy atom. The van der Waals surface area contributed by atoms with Crippen molar-refractivity contribution >= 4 is 27.8 Å². The van der Waals surface area contributed by atoms with Gasteiger partial charge in [-0.1, -0.05) is 7.43 Å². The summed E-state index contributed by atoms with van der Waals surface area (Å²) >= 11 is 0. The third-order valence-corrected chi connectivity index (χ3v) is 7.89. The minimum atomic E-state index is -3.93. The monoisotopic (exact) mass is 428 g/mol. The van der Waals surface area contributed by atoms with Gasteiger partial charge in [0.2, 0.25) is 16.0 Å². The molecule has 162 valence electrons. The van der Waals surface area contributed by atoms with Crippen LogP contribution in [-0.2, 0) is 20.3 Å². The molecule has 1 aliphatic heterocycles. The summed E-state index contributed by atoms with van der Waals surface area (Å²) in [7, 11) is -2.62. The Morgan fingerprint density at radius 3 is 2.45 bits per heavy atom. The summed E-state index contributed by atoms with van der Waals surface area (Å²) in [5.41, 5.74) is 3.95. The molecule has 1 spiro atoms. The number of hydrogen-bond acceptors (Lipinski definition) is 6. The molecular weight excluding hydrogens is 399 g/mol. The molecule has 8 nitrogen and oxygen atoms in total. The second kappa shape index (κ2) is 6.86. The molecule has 0 saturated heterocycles. The number of nitrogen functional groups attached to an aromatic ring is 1. The van der Waals surface area contributed by atoms with E-state index in [4.69, 9.17) is 10.5 Å². The number of carbonyl (C=O) groups is 1. The average molecular weight is 429 g/mol. The molecule has 1 heterocycles. The molecule has 1 saturated carbocycles. The van der Waals surface area contributed by atoms with Crippen LogP contribution in [0.25, 0.3) is 0 Å². The van der Waals surface area contributed by atoms with Crippen molar-refractivity contribution in [2.75, 3.05) is 12.8 Å². The first kappa shape index (κ1) is 22.9. The van der Waals surface area contributed by atoms with E-state index in [1.54, 1.807) is 27.7 Å². The van der Waals surface area contributed by atoms with Gasteiger partial charge in [0.05, 0.1) is 0 Å². The number of sulfonamides is 1. The Balaban J connectivity index is 0.00000300. The molecule has 0 radical (unpaired) electrons. The van der Waals surface area contributed by atoms with E-state index in [9.17, 15) is 17.6 Å². The number of halogens is 1. The number of hydrogen-bond donors (Lipinski definition) is 2. The summed E-state index contributed by atoms with van der Waals surface area (Å²) in [6, 6.07) is 3.98. The number of nitrogens with one attached hydrogen (secondary N) is 1. The highest BCUT2D eigenvalue weighted by atomic mass is 32.2. The number of aliphatic imine (C=N–C) groups is 1. The molecule has 0 bridgehead atoms. The first-order chi connectivity index (χ1) is 12.7. The molecule has 3 rings (SSSR count). The van der Waals surface area contributed by atoms with Crippen molar-refractivity contribution in [2.24, 2.45) is 4.99 Å². The Labute approximate surface area is 171 Å². The third kappa shape index (κ3) is 3.54. The molecule has 1 amide bonds. The maximum Gasteiger partial charge on any atom is 0.414 e. The number of benzene rings is 1. The highest BCUT2D eigenvalue weighted by molar-refractivity contribution is 7.91. The summed E-state index contributed by atoms with van der Waals surface area (Å²) in [6.45, 7) is 6.60. The van der Waals surface area contributed by atoms with Crippen LogP contribution in [0.3, 0.4) is 0 Å². The Kier molecular flexibility index (Phi) is 5.42. The van der Waals surface area contributed by atoms with Crippen LogP contribution in [-0.4, -0.2) is 42.2 Å². The van der Waals surface area contributed by atoms with Gasteiger partial charge in [-0.15, -0.1) is 0 Å². The first-order valence-electron chi connectivity index (χ1n) is 8.87. The van der Waals surface area contributed by atoms with Gasteiger partial charge in [-0.3, -0.25) is 5.32 Å². The summed E-state index contributed by atoms with van der Waals surface area (Å²) in [6.07, 6.45) is -0.197. The van der Waals surface area contributed by atoms with Gasteiger partial charge in [0.15, 0.2) is 0 Å². The number of rotatable bonds is 1. The molecule has 10 heteroatoms. The van der Waals surface area contributed by atoms with Gasteiger partial charge in [0.1, 0.15) is 21.7 Å². The van der Waals surface area contributed by atoms with E-state index in [2.05, 4.69) is 10.3 Å². The van der Waals surface area contributed by atoms with Gasteiger partial charge < -0.3 is 10.5 Å². The van der Waals surface area contributed by atoms with E-state index in [0.717, 1.165) is 4.31 Å². The van der Waals surface area contributed by atoms with Crippen LogP contribution in [0.5, 0.6) is 0 Å². The molecule has 3 N–H and O–H groups in total. The Morgan fingerprint density at radius 1 is 1.34 bits per heavy atom. The summed E-state index contributed by atoms with van der Waals surface area (Å²) in [5.74, 6) is -0.834. The lowest BCUT2D eigenvalue weighted by Crippen LogP contribution is -2.60. The van der Waals surface area contributed by atoms with E-state index in [0.29, 0.717) is 18.5 Å². The van der Waals surface area contributed by atoms with Crippen LogP contribution >= 0.6 is 0 Å². The van der Waals surface area contributed by atoms with Gasteiger partial charge in [-0.2, -0.15) is 0 Å². The Bertz CT molecular complexity index is 967. The highest BCUT2D eigenvalue weighted by Gasteiger charge is 2.71. The molecule has 2 aliphatic rings. The molecule has 29 heavy (non-hydrogen) atoms. The maximum absolute atomic E-state index is 14.7. The lowest BCUT2D eigenvalue weighted by Gasteiger charge is -2.43. The SMILES string of the molecule is C.CN1C(NC(=O)OC(C)(C)C)=N[C@](C)(c2cc(N)ccc2F)C2(CC2)S1(=O)=O. The number of alkyl carbamates (subject to hydrolysis) is 1. The van der Waals surface area contributed by atoms with E-state index in [1.807, 2.05) is 0 Å².